The molecule has 1 aromatic rings. The van der Waals surface area contributed by atoms with Crippen molar-refractivity contribution in [2.75, 3.05) is 6.54 Å². The molecule has 0 spiro atoms. The highest BCUT2D eigenvalue weighted by molar-refractivity contribution is 6.30. The summed E-state index contributed by atoms with van der Waals surface area (Å²) < 4.78 is 5.29. The molecule has 0 bridgehead atoms. The number of amides is 1. The predicted molar refractivity (Wildman–Crippen MR) is 86.7 cm³/mol. The van der Waals surface area contributed by atoms with E-state index in [4.69, 9.17) is 22.1 Å². The van der Waals surface area contributed by atoms with E-state index in [0.717, 1.165) is 5.56 Å². The van der Waals surface area contributed by atoms with Gasteiger partial charge in [0.15, 0.2) is 0 Å². The van der Waals surface area contributed by atoms with Crippen molar-refractivity contribution in [1.82, 2.24) is 5.32 Å². The van der Waals surface area contributed by atoms with E-state index in [-0.39, 0.29) is 11.5 Å². The van der Waals surface area contributed by atoms with Crippen LogP contribution in [0.25, 0.3) is 0 Å². The number of carbonyl (C=O) groups excluding carboxylic acids is 1. The first kappa shape index (κ1) is 17.8. The number of hydrogen-bond donors (Lipinski definition) is 2. The summed E-state index contributed by atoms with van der Waals surface area (Å²) in [4.78, 5) is 12.0. The van der Waals surface area contributed by atoms with Crippen LogP contribution in [-0.4, -0.2) is 24.3 Å². The topological polar surface area (TPSA) is 64.3 Å². The minimum Gasteiger partial charge on any atom is -0.444 e. The fourth-order valence-corrected chi connectivity index (χ4v) is 2.19. The van der Waals surface area contributed by atoms with Crippen LogP contribution in [-0.2, 0) is 10.2 Å². The zero-order valence-corrected chi connectivity index (χ0v) is 14.1. The van der Waals surface area contributed by atoms with Gasteiger partial charge in [0.1, 0.15) is 5.60 Å². The molecule has 1 aromatic carbocycles. The number of carbonyl (C=O) groups is 1. The number of hydrogen-bond acceptors (Lipinski definition) is 3. The summed E-state index contributed by atoms with van der Waals surface area (Å²) in [5.41, 5.74) is 6.02. The van der Waals surface area contributed by atoms with Crippen LogP contribution in [0.5, 0.6) is 0 Å². The van der Waals surface area contributed by atoms with Crippen molar-refractivity contribution < 1.29 is 9.53 Å². The number of alkyl carbamates (subject to hydrolysis) is 1. The molecule has 0 aliphatic carbocycles. The van der Waals surface area contributed by atoms with E-state index >= 15 is 0 Å². The fourth-order valence-electron chi connectivity index (χ4n) is 2.06. The van der Waals surface area contributed by atoms with Crippen molar-refractivity contribution in [3.8, 4) is 0 Å². The molecule has 1 rings (SSSR count). The molecule has 118 valence electrons. The van der Waals surface area contributed by atoms with E-state index in [1.807, 2.05) is 58.9 Å². The number of rotatable bonds is 4. The van der Waals surface area contributed by atoms with Gasteiger partial charge in [-0.05, 0) is 38.5 Å². The van der Waals surface area contributed by atoms with E-state index < -0.39 is 11.7 Å². The maximum absolute atomic E-state index is 12.0. The molecule has 0 radical (unpaired) electrons. The summed E-state index contributed by atoms with van der Waals surface area (Å²) in [7, 11) is 0. The van der Waals surface area contributed by atoms with Crippen molar-refractivity contribution in [2.24, 2.45) is 5.73 Å². The molecule has 1 unspecified atom stereocenters. The lowest BCUT2D eigenvalue weighted by Gasteiger charge is -2.35. The summed E-state index contributed by atoms with van der Waals surface area (Å²) in [5, 5.41) is 3.54. The first-order valence-corrected chi connectivity index (χ1v) is 7.39. The summed E-state index contributed by atoms with van der Waals surface area (Å²) in [5.74, 6) is 0. The van der Waals surface area contributed by atoms with Crippen LogP contribution in [0.15, 0.2) is 24.3 Å². The minimum absolute atomic E-state index is 0.242. The molecule has 0 heterocycles. The summed E-state index contributed by atoms with van der Waals surface area (Å²) in [6.45, 7) is 9.86. The van der Waals surface area contributed by atoms with Gasteiger partial charge >= 0.3 is 6.09 Å². The molecule has 0 aliphatic rings. The Hall–Kier alpha value is -1.26. The van der Waals surface area contributed by atoms with E-state index in [9.17, 15) is 4.79 Å². The maximum Gasteiger partial charge on any atom is 0.407 e. The molecule has 21 heavy (non-hydrogen) atoms. The van der Waals surface area contributed by atoms with Crippen molar-refractivity contribution in [2.45, 2.75) is 51.7 Å². The Kier molecular flexibility index (Phi) is 5.65. The van der Waals surface area contributed by atoms with Crippen LogP contribution in [0, 0.1) is 0 Å². The first-order valence-electron chi connectivity index (χ1n) is 7.02. The smallest absolute Gasteiger partial charge is 0.407 e. The molecule has 0 saturated heterocycles. The van der Waals surface area contributed by atoms with Crippen LogP contribution >= 0.6 is 11.6 Å². The van der Waals surface area contributed by atoms with E-state index in [1.54, 1.807) is 0 Å². The molecular formula is C16H25ClN2O2. The Balaban J connectivity index is 2.87. The van der Waals surface area contributed by atoms with E-state index in [0.29, 0.717) is 11.6 Å². The Morgan fingerprint density at radius 3 is 2.19 bits per heavy atom. The third-order valence-electron chi connectivity index (χ3n) is 3.39. The molecular weight excluding hydrogens is 288 g/mol. The van der Waals surface area contributed by atoms with Crippen LogP contribution < -0.4 is 11.1 Å². The Bertz CT molecular complexity index is 478. The Morgan fingerprint density at radius 2 is 1.76 bits per heavy atom. The SMILES string of the molecule is CC(C)(C)OC(=O)NC(CN)C(C)(C)c1ccc(Cl)cc1. The highest BCUT2D eigenvalue weighted by Crippen LogP contribution is 2.28. The second-order valence-electron chi connectivity index (χ2n) is 6.66. The van der Waals surface area contributed by atoms with Crippen LogP contribution in [0.1, 0.15) is 40.2 Å². The van der Waals surface area contributed by atoms with Gasteiger partial charge in [-0.15, -0.1) is 0 Å². The van der Waals surface area contributed by atoms with Crippen LogP contribution in [0.2, 0.25) is 5.02 Å². The molecule has 4 nitrogen and oxygen atoms in total. The normalized spacial score (nSPS) is 13.7. The van der Waals surface area contributed by atoms with Gasteiger partial charge in [-0.25, -0.2) is 4.79 Å². The lowest BCUT2D eigenvalue weighted by molar-refractivity contribution is 0.0484. The average molecular weight is 313 g/mol. The number of halogens is 1. The Morgan fingerprint density at radius 1 is 1.24 bits per heavy atom. The highest BCUT2D eigenvalue weighted by atomic mass is 35.5. The third kappa shape index (κ3) is 5.21. The second kappa shape index (κ2) is 6.67. The number of nitrogens with one attached hydrogen (secondary N) is 1. The van der Waals surface area contributed by atoms with Crippen molar-refractivity contribution >= 4 is 17.7 Å². The standard InChI is InChI=1S/C16H25ClN2O2/c1-15(2,3)21-14(20)19-13(10-18)16(4,5)11-6-8-12(17)9-7-11/h6-9,13H,10,18H2,1-5H3,(H,19,20). The predicted octanol–water partition coefficient (Wildman–Crippen LogP) is 3.47. The number of nitrogens with two attached hydrogens (primary N) is 1. The largest absolute Gasteiger partial charge is 0.444 e. The van der Waals surface area contributed by atoms with E-state index in [2.05, 4.69) is 5.32 Å². The lowest BCUT2D eigenvalue weighted by atomic mass is 9.77. The Labute approximate surface area is 132 Å². The molecule has 0 fully saturated rings. The summed E-state index contributed by atoms with van der Waals surface area (Å²) >= 11 is 5.92. The van der Waals surface area contributed by atoms with Gasteiger partial charge in [0.25, 0.3) is 0 Å². The zero-order chi connectivity index (χ0) is 16.3. The van der Waals surface area contributed by atoms with Gasteiger partial charge in [-0.1, -0.05) is 37.6 Å². The van der Waals surface area contributed by atoms with Crippen LogP contribution in [0.3, 0.4) is 0 Å². The van der Waals surface area contributed by atoms with Crippen LogP contribution in [0.4, 0.5) is 4.79 Å². The minimum atomic E-state index is -0.534. The summed E-state index contributed by atoms with van der Waals surface area (Å²) in [6, 6.07) is 7.32. The van der Waals surface area contributed by atoms with Gasteiger partial charge in [0.2, 0.25) is 0 Å². The fraction of sp³-hybridized carbons (Fsp3) is 0.562. The molecule has 1 atom stereocenters. The van der Waals surface area contributed by atoms with Crippen molar-refractivity contribution in [3.63, 3.8) is 0 Å². The molecule has 0 aliphatic heterocycles. The second-order valence-corrected chi connectivity index (χ2v) is 7.10. The average Bonchev–Trinajstić information content (AvgIpc) is 2.34. The molecule has 0 aromatic heterocycles. The van der Waals surface area contributed by atoms with Gasteiger partial charge < -0.3 is 15.8 Å². The van der Waals surface area contributed by atoms with E-state index in [1.165, 1.54) is 0 Å². The van der Waals surface area contributed by atoms with Gasteiger partial charge in [-0.2, -0.15) is 0 Å². The third-order valence-corrected chi connectivity index (χ3v) is 3.64. The quantitative estimate of drug-likeness (QED) is 0.894. The maximum atomic E-state index is 12.0. The van der Waals surface area contributed by atoms with Gasteiger partial charge in [0.05, 0.1) is 6.04 Å². The molecule has 3 N–H and O–H groups in total. The van der Waals surface area contributed by atoms with Crippen molar-refractivity contribution in [1.29, 1.82) is 0 Å². The van der Waals surface area contributed by atoms with Crippen molar-refractivity contribution in [3.05, 3.63) is 34.9 Å². The highest BCUT2D eigenvalue weighted by Gasteiger charge is 2.32. The summed E-state index contributed by atoms with van der Waals surface area (Å²) in [6.07, 6.45) is -0.458. The number of benzene rings is 1. The van der Waals surface area contributed by atoms with Gasteiger partial charge in [0, 0.05) is 17.0 Å². The zero-order valence-electron chi connectivity index (χ0n) is 13.4. The number of ether oxygens (including phenoxy) is 1. The lowest BCUT2D eigenvalue weighted by Crippen LogP contribution is -2.52. The first-order chi connectivity index (χ1) is 9.56. The molecule has 5 heteroatoms. The van der Waals surface area contributed by atoms with Gasteiger partial charge in [-0.3, -0.25) is 0 Å². The molecule has 1 amide bonds. The monoisotopic (exact) mass is 312 g/mol. The molecule has 0 saturated carbocycles.